The van der Waals surface area contributed by atoms with E-state index in [0.29, 0.717) is 11.9 Å². The number of nitrogens with one attached hydrogen (secondary N) is 2. The standard InChI is InChI=1S/C20H37N5O/c1-21-20(22-14-16-8-11-24(2)12-9-16)23-18-10-13-25(15-18)19(26)17-6-4-3-5-7-17/h16-18H,3-15H2,1-2H3,(H2,21,22,23). The molecule has 0 aromatic carbocycles. The summed E-state index contributed by atoms with van der Waals surface area (Å²) in [6, 6.07) is 0.325. The van der Waals surface area contributed by atoms with Crippen LogP contribution in [0.3, 0.4) is 0 Å². The van der Waals surface area contributed by atoms with Gasteiger partial charge in [-0.05, 0) is 58.2 Å². The van der Waals surface area contributed by atoms with Gasteiger partial charge in [-0.25, -0.2) is 0 Å². The molecule has 1 amide bonds. The number of amides is 1. The average Bonchev–Trinajstić information content (AvgIpc) is 3.15. The molecule has 2 saturated heterocycles. The minimum absolute atomic E-state index is 0.282. The zero-order valence-corrected chi connectivity index (χ0v) is 16.7. The molecule has 3 rings (SSSR count). The molecular formula is C20H37N5O. The summed E-state index contributed by atoms with van der Waals surface area (Å²) in [5, 5.41) is 7.04. The SMILES string of the molecule is CN=C(NCC1CCN(C)CC1)NC1CCN(C(=O)C2CCCCC2)C1. The van der Waals surface area contributed by atoms with Crippen LogP contribution in [0.2, 0.25) is 0 Å². The number of hydrogen-bond donors (Lipinski definition) is 2. The van der Waals surface area contributed by atoms with Crippen molar-refractivity contribution >= 4 is 11.9 Å². The molecule has 0 radical (unpaired) electrons. The van der Waals surface area contributed by atoms with E-state index in [1.165, 1.54) is 45.2 Å². The van der Waals surface area contributed by atoms with Crippen molar-refractivity contribution in [1.82, 2.24) is 20.4 Å². The molecule has 2 aliphatic heterocycles. The van der Waals surface area contributed by atoms with E-state index in [4.69, 9.17) is 0 Å². The highest BCUT2D eigenvalue weighted by Gasteiger charge is 2.31. The molecule has 1 saturated carbocycles. The molecule has 6 nitrogen and oxygen atoms in total. The first-order valence-electron chi connectivity index (χ1n) is 10.6. The highest BCUT2D eigenvalue weighted by molar-refractivity contribution is 5.81. The Hall–Kier alpha value is -1.30. The highest BCUT2D eigenvalue weighted by Crippen LogP contribution is 2.26. The maximum Gasteiger partial charge on any atom is 0.225 e. The van der Waals surface area contributed by atoms with Crippen LogP contribution < -0.4 is 10.6 Å². The molecule has 0 spiro atoms. The molecule has 2 heterocycles. The summed E-state index contributed by atoms with van der Waals surface area (Å²) in [7, 11) is 4.04. The van der Waals surface area contributed by atoms with E-state index in [1.807, 2.05) is 7.05 Å². The summed E-state index contributed by atoms with van der Waals surface area (Å²) in [5.41, 5.74) is 0. The van der Waals surface area contributed by atoms with Crippen LogP contribution in [0.15, 0.2) is 4.99 Å². The maximum atomic E-state index is 12.7. The molecule has 3 aliphatic rings. The predicted molar refractivity (Wildman–Crippen MR) is 106 cm³/mol. The molecule has 148 valence electrons. The zero-order valence-electron chi connectivity index (χ0n) is 16.7. The zero-order chi connectivity index (χ0) is 18.4. The van der Waals surface area contributed by atoms with Crippen LogP contribution >= 0.6 is 0 Å². The molecule has 1 aliphatic carbocycles. The molecule has 26 heavy (non-hydrogen) atoms. The summed E-state index contributed by atoms with van der Waals surface area (Å²) >= 11 is 0. The topological polar surface area (TPSA) is 60.0 Å². The number of hydrogen-bond acceptors (Lipinski definition) is 3. The van der Waals surface area contributed by atoms with Crippen molar-refractivity contribution in [2.75, 3.05) is 46.8 Å². The van der Waals surface area contributed by atoms with E-state index < -0.39 is 0 Å². The van der Waals surface area contributed by atoms with Crippen LogP contribution in [0.5, 0.6) is 0 Å². The molecule has 1 unspecified atom stereocenters. The van der Waals surface area contributed by atoms with Crippen molar-refractivity contribution in [1.29, 1.82) is 0 Å². The van der Waals surface area contributed by atoms with E-state index in [1.54, 1.807) is 0 Å². The van der Waals surface area contributed by atoms with Crippen LogP contribution in [0.25, 0.3) is 0 Å². The second-order valence-corrected chi connectivity index (χ2v) is 8.45. The lowest BCUT2D eigenvalue weighted by molar-refractivity contribution is -0.135. The molecular weight excluding hydrogens is 326 g/mol. The van der Waals surface area contributed by atoms with Gasteiger partial charge in [0.05, 0.1) is 0 Å². The van der Waals surface area contributed by atoms with Gasteiger partial charge in [0.25, 0.3) is 0 Å². The van der Waals surface area contributed by atoms with Gasteiger partial charge in [-0.3, -0.25) is 9.79 Å². The van der Waals surface area contributed by atoms with E-state index in [9.17, 15) is 4.79 Å². The molecule has 0 bridgehead atoms. The lowest BCUT2D eigenvalue weighted by Crippen LogP contribution is -2.47. The van der Waals surface area contributed by atoms with Gasteiger partial charge in [-0.15, -0.1) is 0 Å². The fraction of sp³-hybridized carbons (Fsp3) is 0.900. The molecule has 6 heteroatoms. The average molecular weight is 364 g/mol. The first-order chi connectivity index (χ1) is 12.7. The number of carbonyl (C=O) groups is 1. The number of piperidine rings is 1. The lowest BCUT2D eigenvalue weighted by Gasteiger charge is -2.29. The Bertz CT molecular complexity index is 481. The Morgan fingerprint density at radius 2 is 1.77 bits per heavy atom. The molecule has 0 aromatic heterocycles. The van der Waals surface area contributed by atoms with E-state index in [-0.39, 0.29) is 5.92 Å². The summed E-state index contributed by atoms with van der Waals surface area (Å²) in [6.45, 7) is 5.09. The van der Waals surface area contributed by atoms with Crippen molar-refractivity contribution in [2.24, 2.45) is 16.8 Å². The fourth-order valence-electron chi connectivity index (χ4n) is 4.58. The van der Waals surface area contributed by atoms with Crippen molar-refractivity contribution < 1.29 is 4.79 Å². The Balaban J connectivity index is 1.39. The van der Waals surface area contributed by atoms with Gasteiger partial charge in [0.2, 0.25) is 5.91 Å². The molecule has 2 N–H and O–H groups in total. The van der Waals surface area contributed by atoms with Gasteiger partial charge < -0.3 is 20.4 Å². The smallest absolute Gasteiger partial charge is 0.225 e. The number of likely N-dealkylation sites (tertiary alicyclic amines) is 2. The summed E-state index contributed by atoms with van der Waals surface area (Å²) in [5.74, 6) is 2.30. The number of rotatable bonds is 4. The minimum atomic E-state index is 0.282. The number of carbonyl (C=O) groups excluding carboxylic acids is 1. The van der Waals surface area contributed by atoms with Crippen LogP contribution in [-0.2, 0) is 4.79 Å². The summed E-state index contributed by atoms with van der Waals surface area (Å²) < 4.78 is 0. The Morgan fingerprint density at radius 1 is 1.04 bits per heavy atom. The minimum Gasteiger partial charge on any atom is -0.356 e. The maximum absolute atomic E-state index is 12.7. The monoisotopic (exact) mass is 363 g/mol. The Kier molecular flexibility index (Phi) is 7.17. The van der Waals surface area contributed by atoms with Crippen molar-refractivity contribution in [2.45, 2.75) is 57.4 Å². The normalized spacial score (nSPS) is 26.9. The quantitative estimate of drug-likeness (QED) is 0.589. The lowest BCUT2D eigenvalue weighted by atomic mass is 9.88. The van der Waals surface area contributed by atoms with Crippen LogP contribution in [0.4, 0.5) is 0 Å². The molecule has 1 atom stereocenters. The predicted octanol–water partition coefficient (Wildman–Crippen LogP) is 1.67. The van der Waals surface area contributed by atoms with Crippen LogP contribution in [0.1, 0.15) is 51.4 Å². The van der Waals surface area contributed by atoms with Gasteiger partial charge in [0.1, 0.15) is 0 Å². The van der Waals surface area contributed by atoms with Gasteiger partial charge >= 0.3 is 0 Å². The van der Waals surface area contributed by atoms with Crippen molar-refractivity contribution in [3.8, 4) is 0 Å². The third-order valence-corrected chi connectivity index (χ3v) is 6.42. The van der Waals surface area contributed by atoms with Gasteiger partial charge in [-0.1, -0.05) is 19.3 Å². The second kappa shape index (κ2) is 9.58. The second-order valence-electron chi connectivity index (χ2n) is 8.45. The van der Waals surface area contributed by atoms with E-state index >= 15 is 0 Å². The van der Waals surface area contributed by atoms with Gasteiger partial charge in [0, 0.05) is 38.6 Å². The molecule has 3 fully saturated rings. The number of nitrogens with zero attached hydrogens (tertiary/aromatic N) is 3. The number of aliphatic imine (C=N–C) groups is 1. The van der Waals surface area contributed by atoms with Gasteiger partial charge in [-0.2, -0.15) is 0 Å². The third-order valence-electron chi connectivity index (χ3n) is 6.42. The first kappa shape index (κ1) is 19.5. The van der Waals surface area contributed by atoms with Crippen LogP contribution in [0, 0.1) is 11.8 Å². The fourth-order valence-corrected chi connectivity index (χ4v) is 4.58. The number of guanidine groups is 1. The Labute approximate surface area is 158 Å². The Morgan fingerprint density at radius 3 is 2.46 bits per heavy atom. The van der Waals surface area contributed by atoms with Crippen molar-refractivity contribution in [3.63, 3.8) is 0 Å². The summed E-state index contributed by atoms with van der Waals surface area (Å²) in [4.78, 5) is 21.6. The third kappa shape index (κ3) is 5.35. The van der Waals surface area contributed by atoms with E-state index in [2.05, 4.69) is 32.5 Å². The molecule has 0 aromatic rings. The summed E-state index contributed by atoms with van der Waals surface area (Å²) in [6.07, 6.45) is 9.46. The largest absolute Gasteiger partial charge is 0.356 e. The van der Waals surface area contributed by atoms with Crippen LogP contribution in [-0.4, -0.2) is 74.5 Å². The first-order valence-corrected chi connectivity index (χ1v) is 10.6. The van der Waals surface area contributed by atoms with Crippen molar-refractivity contribution in [3.05, 3.63) is 0 Å². The highest BCUT2D eigenvalue weighted by atomic mass is 16.2. The van der Waals surface area contributed by atoms with E-state index in [0.717, 1.165) is 50.8 Å². The van der Waals surface area contributed by atoms with Gasteiger partial charge in [0.15, 0.2) is 5.96 Å².